The van der Waals surface area contributed by atoms with Crippen molar-refractivity contribution in [2.45, 2.75) is 0 Å². The highest BCUT2D eigenvalue weighted by atomic mass is 35.5. The molecule has 1 rings (SSSR count). The van der Waals surface area contributed by atoms with Gasteiger partial charge in [-0.3, -0.25) is 10.1 Å². The van der Waals surface area contributed by atoms with E-state index >= 15 is 0 Å². The lowest BCUT2D eigenvalue weighted by molar-refractivity contribution is -0.115. The van der Waals surface area contributed by atoms with Crippen LogP contribution in [0.15, 0.2) is 29.8 Å². The molecule has 17 heavy (non-hydrogen) atoms. The van der Waals surface area contributed by atoms with Crippen molar-refractivity contribution in [3.8, 4) is 6.07 Å². The van der Waals surface area contributed by atoms with E-state index < -0.39 is 11.9 Å². The third kappa shape index (κ3) is 3.97. The van der Waals surface area contributed by atoms with Gasteiger partial charge in [-0.15, -0.1) is 0 Å². The van der Waals surface area contributed by atoms with E-state index in [0.29, 0.717) is 10.6 Å². The number of amides is 3. The summed E-state index contributed by atoms with van der Waals surface area (Å²) in [7, 11) is 0. The minimum atomic E-state index is -1.01. The summed E-state index contributed by atoms with van der Waals surface area (Å²) in [4.78, 5) is 21.8. The SMILES string of the molecule is N#CC(=Cc1ccc(Cl)cc1)C(=O)NC(N)=O. The van der Waals surface area contributed by atoms with Crippen molar-refractivity contribution in [3.05, 3.63) is 40.4 Å². The van der Waals surface area contributed by atoms with Gasteiger partial charge in [0, 0.05) is 5.02 Å². The largest absolute Gasteiger partial charge is 0.351 e. The number of carbonyl (C=O) groups is 2. The molecule has 1 aromatic carbocycles. The summed E-state index contributed by atoms with van der Waals surface area (Å²) >= 11 is 5.69. The van der Waals surface area contributed by atoms with E-state index in [-0.39, 0.29) is 5.57 Å². The molecule has 86 valence electrons. The summed E-state index contributed by atoms with van der Waals surface area (Å²) in [6, 6.07) is 7.18. The van der Waals surface area contributed by atoms with Gasteiger partial charge in [-0.1, -0.05) is 23.7 Å². The van der Waals surface area contributed by atoms with Crippen molar-refractivity contribution >= 4 is 29.6 Å². The lowest BCUT2D eigenvalue weighted by Crippen LogP contribution is -2.35. The van der Waals surface area contributed by atoms with Crippen LogP contribution in [0.3, 0.4) is 0 Å². The van der Waals surface area contributed by atoms with Crippen LogP contribution in [0.1, 0.15) is 5.56 Å². The highest BCUT2D eigenvalue weighted by Crippen LogP contribution is 2.12. The zero-order valence-corrected chi connectivity index (χ0v) is 9.36. The number of benzene rings is 1. The van der Waals surface area contributed by atoms with Crippen molar-refractivity contribution in [1.29, 1.82) is 5.26 Å². The molecular formula is C11H8ClN3O2. The molecule has 5 nitrogen and oxygen atoms in total. The first-order valence-electron chi connectivity index (χ1n) is 4.51. The molecule has 3 amide bonds. The second-order valence-corrected chi connectivity index (χ2v) is 3.48. The van der Waals surface area contributed by atoms with Crippen molar-refractivity contribution in [2.75, 3.05) is 0 Å². The number of halogens is 1. The maximum atomic E-state index is 11.3. The van der Waals surface area contributed by atoms with Crippen LogP contribution in [0.25, 0.3) is 6.08 Å². The Bertz CT molecular complexity index is 515. The number of nitrogens with one attached hydrogen (secondary N) is 1. The highest BCUT2D eigenvalue weighted by molar-refractivity contribution is 6.30. The number of nitrogens with two attached hydrogens (primary N) is 1. The second-order valence-electron chi connectivity index (χ2n) is 3.04. The zero-order valence-electron chi connectivity index (χ0n) is 8.61. The van der Waals surface area contributed by atoms with Gasteiger partial charge in [-0.2, -0.15) is 5.26 Å². The topological polar surface area (TPSA) is 96.0 Å². The van der Waals surface area contributed by atoms with Crippen molar-refractivity contribution < 1.29 is 9.59 Å². The van der Waals surface area contributed by atoms with Gasteiger partial charge in [-0.05, 0) is 23.8 Å². The number of urea groups is 1. The Kier molecular flexibility index (Phi) is 4.26. The number of hydrogen-bond acceptors (Lipinski definition) is 3. The molecule has 0 fully saturated rings. The van der Waals surface area contributed by atoms with Gasteiger partial charge in [0.1, 0.15) is 11.6 Å². The maximum Gasteiger partial charge on any atom is 0.319 e. The van der Waals surface area contributed by atoms with Crippen LogP contribution >= 0.6 is 11.6 Å². The van der Waals surface area contributed by atoms with Crippen LogP contribution in [-0.2, 0) is 4.79 Å². The summed E-state index contributed by atoms with van der Waals surface area (Å²) < 4.78 is 0. The Morgan fingerprint density at radius 3 is 2.41 bits per heavy atom. The van der Waals surface area contributed by atoms with Gasteiger partial charge in [0.25, 0.3) is 5.91 Å². The molecule has 0 aromatic heterocycles. The fourth-order valence-electron chi connectivity index (χ4n) is 1.05. The predicted octanol–water partition coefficient (Wildman–Crippen LogP) is 1.44. The Hall–Kier alpha value is -2.32. The number of rotatable bonds is 2. The molecule has 0 aliphatic heterocycles. The molecule has 0 aliphatic rings. The van der Waals surface area contributed by atoms with Gasteiger partial charge in [0.15, 0.2) is 0 Å². The van der Waals surface area contributed by atoms with Crippen LogP contribution in [0.4, 0.5) is 4.79 Å². The predicted molar refractivity (Wildman–Crippen MR) is 62.8 cm³/mol. The Labute approximate surface area is 102 Å². The number of nitriles is 1. The minimum Gasteiger partial charge on any atom is -0.351 e. The molecule has 3 N–H and O–H groups in total. The van der Waals surface area contributed by atoms with E-state index in [1.807, 2.05) is 5.32 Å². The molecule has 0 unspecified atom stereocenters. The average Bonchev–Trinajstić information content (AvgIpc) is 2.27. The summed E-state index contributed by atoms with van der Waals surface area (Å²) in [5.41, 5.74) is 5.17. The van der Waals surface area contributed by atoms with Gasteiger partial charge < -0.3 is 5.73 Å². The minimum absolute atomic E-state index is 0.217. The monoisotopic (exact) mass is 249 g/mol. The van der Waals surface area contributed by atoms with E-state index in [2.05, 4.69) is 0 Å². The molecule has 0 radical (unpaired) electrons. The second kappa shape index (κ2) is 5.68. The first kappa shape index (κ1) is 12.7. The summed E-state index contributed by atoms with van der Waals surface area (Å²) in [6.07, 6.45) is 1.33. The molecule has 0 atom stereocenters. The van der Waals surface area contributed by atoms with E-state index in [4.69, 9.17) is 22.6 Å². The third-order valence-electron chi connectivity index (χ3n) is 1.78. The molecular weight excluding hydrogens is 242 g/mol. The molecule has 0 bridgehead atoms. The lowest BCUT2D eigenvalue weighted by Gasteiger charge is -1.99. The van der Waals surface area contributed by atoms with Crippen molar-refractivity contribution in [3.63, 3.8) is 0 Å². The standard InChI is InChI=1S/C11H8ClN3O2/c12-9-3-1-7(2-4-9)5-8(6-13)10(16)15-11(14)17/h1-5H,(H3,14,15,16,17). The molecule has 1 aromatic rings. The van der Waals surface area contributed by atoms with Gasteiger partial charge in [0.05, 0.1) is 0 Å². The number of primary amides is 1. The molecule has 0 heterocycles. The van der Waals surface area contributed by atoms with Gasteiger partial charge in [-0.25, -0.2) is 4.79 Å². The number of nitrogens with zero attached hydrogens (tertiary/aromatic N) is 1. The molecule has 0 aliphatic carbocycles. The van der Waals surface area contributed by atoms with Crippen LogP contribution in [-0.4, -0.2) is 11.9 Å². The molecule has 0 saturated heterocycles. The van der Waals surface area contributed by atoms with Crippen LogP contribution in [0, 0.1) is 11.3 Å². The molecule has 6 heteroatoms. The summed E-state index contributed by atoms with van der Waals surface area (Å²) in [6.45, 7) is 0. The smallest absolute Gasteiger partial charge is 0.319 e. The fraction of sp³-hybridized carbons (Fsp3) is 0. The average molecular weight is 250 g/mol. The molecule has 0 saturated carbocycles. The maximum absolute atomic E-state index is 11.3. The Balaban J connectivity index is 2.95. The number of carbonyl (C=O) groups excluding carboxylic acids is 2. The first-order chi connectivity index (χ1) is 8.02. The van der Waals surface area contributed by atoms with Gasteiger partial charge >= 0.3 is 6.03 Å². The first-order valence-corrected chi connectivity index (χ1v) is 4.89. The van der Waals surface area contributed by atoms with Gasteiger partial charge in [0.2, 0.25) is 0 Å². The fourth-order valence-corrected chi connectivity index (χ4v) is 1.18. The zero-order chi connectivity index (χ0) is 12.8. The summed E-state index contributed by atoms with van der Waals surface area (Å²) in [5, 5.41) is 11.1. The van der Waals surface area contributed by atoms with E-state index in [1.54, 1.807) is 30.3 Å². The Morgan fingerprint density at radius 2 is 1.94 bits per heavy atom. The van der Waals surface area contributed by atoms with E-state index in [9.17, 15) is 9.59 Å². The van der Waals surface area contributed by atoms with Crippen LogP contribution in [0.2, 0.25) is 5.02 Å². The van der Waals surface area contributed by atoms with E-state index in [0.717, 1.165) is 0 Å². The number of imide groups is 1. The normalized spacial score (nSPS) is 10.5. The molecule has 0 spiro atoms. The lowest BCUT2D eigenvalue weighted by atomic mass is 10.1. The quantitative estimate of drug-likeness (QED) is 0.613. The highest BCUT2D eigenvalue weighted by Gasteiger charge is 2.10. The van der Waals surface area contributed by atoms with Crippen LogP contribution < -0.4 is 11.1 Å². The Morgan fingerprint density at radius 1 is 1.35 bits per heavy atom. The van der Waals surface area contributed by atoms with Crippen molar-refractivity contribution in [2.24, 2.45) is 5.73 Å². The number of hydrogen-bond donors (Lipinski definition) is 2. The van der Waals surface area contributed by atoms with Crippen molar-refractivity contribution in [1.82, 2.24) is 5.32 Å². The third-order valence-corrected chi connectivity index (χ3v) is 2.03. The van der Waals surface area contributed by atoms with E-state index in [1.165, 1.54) is 6.08 Å². The van der Waals surface area contributed by atoms with Crippen LogP contribution in [0.5, 0.6) is 0 Å². The summed E-state index contributed by atoms with van der Waals surface area (Å²) in [5.74, 6) is -0.838.